The van der Waals surface area contributed by atoms with E-state index in [1.165, 1.54) is 5.56 Å². The summed E-state index contributed by atoms with van der Waals surface area (Å²) < 4.78 is 11.6. The van der Waals surface area contributed by atoms with Crippen LogP contribution in [0, 0.1) is 5.92 Å². The standard InChI is InChI=1S/C27H26O4S2/c28-26(21-12-6-2-7-13-21)30-17-23-16-25(32-19-20-10-4-1-5-11-20)33-24(23)18-31-27(29)22-14-8-3-9-15-22/h1-15,23-25H,16-19H2/t23-,24-,25?/m1/s1. The van der Waals surface area contributed by atoms with E-state index in [2.05, 4.69) is 24.3 Å². The van der Waals surface area contributed by atoms with Crippen LogP contribution in [0.25, 0.3) is 0 Å². The summed E-state index contributed by atoms with van der Waals surface area (Å²) >= 11 is 3.71. The minimum Gasteiger partial charge on any atom is -0.462 e. The number of thioether (sulfide) groups is 2. The zero-order valence-corrected chi connectivity index (χ0v) is 19.8. The molecule has 1 unspecified atom stereocenters. The molecule has 0 bridgehead atoms. The van der Waals surface area contributed by atoms with Crippen LogP contribution in [0.15, 0.2) is 91.0 Å². The van der Waals surface area contributed by atoms with Gasteiger partial charge in [0.1, 0.15) is 6.61 Å². The van der Waals surface area contributed by atoms with Crippen LogP contribution in [-0.2, 0) is 15.2 Å². The van der Waals surface area contributed by atoms with Gasteiger partial charge in [0.15, 0.2) is 0 Å². The van der Waals surface area contributed by atoms with Crippen LogP contribution in [0.2, 0.25) is 0 Å². The lowest BCUT2D eigenvalue weighted by Gasteiger charge is -2.18. The quantitative estimate of drug-likeness (QED) is 0.347. The number of carbonyl (C=O) groups is 2. The predicted octanol–water partition coefficient (Wildman–Crippen LogP) is 6.08. The summed E-state index contributed by atoms with van der Waals surface area (Å²) in [5, 5.41) is 0.0782. The Labute approximate surface area is 203 Å². The zero-order chi connectivity index (χ0) is 22.9. The minimum absolute atomic E-state index is 0.0782. The number of benzene rings is 3. The number of rotatable bonds is 9. The molecule has 0 spiro atoms. The highest BCUT2D eigenvalue weighted by molar-refractivity contribution is 8.17. The Bertz CT molecular complexity index is 964. The van der Waals surface area contributed by atoms with Gasteiger partial charge < -0.3 is 9.47 Å². The molecule has 0 saturated carbocycles. The van der Waals surface area contributed by atoms with Crippen LogP contribution in [-0.4, -0.2) is 35.0 Å². The second kappa shape index (κ2) is 12.0. The Morgan fingerprint density at radius 1 is 0.758 bits per heavy atom. The summed E-state index contributed by atoms with van der Waals surface area (Å²) in [4.78, 5) is 24.9. The molecular formula is C27H26O4S2. The second-order valence-corrected chi connectivity index (χ2v) is 10.8. The van der Waals surface area contributed by atoms with Crippen LogP contribution < -0.4 is 0 Å². The van der Waals surface area contributed by atoms with Gasteiger partial charge in [-0.15, -0.1) is 23.5 Å². The van der Waals surface area contributed by atoms with Gasteiger partial charge in [-0.2, -0.15) is 0 Å². The highest BCUT2D eigenvalue weighted by Crippen LogP contribution is 2.45. The Kier molecular flexibility index (Phi) is 8.50. The molecule has 1 heterocycles. The summed E-state index contributed by atoms with van der Waals surface area (Å²) in [6.07, 6.45) is 0.901. The average Bonchev–Trinajstić information content (AvgIpc) is 3.28. The van der Waals surface area contributed by atoms with Crippen molar-refractivity contribution in [1.29, 1.82) is 0 Å². The van der Waals surface area contributed by atoms with E-state index in [1.54, 1.807) is 24.3 Å². The second-order valence-electron chi connectivity index (χ2n) is 7.83. The van der Waals surface area contributed by atoms with Crippen LogP contribution >= 0.6 is 23.5 Å². The summed E-state index contributed by atoms with van der Waals surface area (Å²) in [7, 11) is 0. The van der Waals surface area contributed by atoms with Gasteiger partial charge in [-0.05, 0) is 36.2 Å². The SMILES string of the molecule is O=C(OC[C@H]1CC(SCc2ccccc2)S[C@@H]1COC(=O)c1ccccc1)c1ccccc1. The topological polar surface area (TPSA) is 52.6 Å². The van der Waals surface area contributed by atoms with Crippen LogP contribution in [0.5, 0.6) is 0 Å². The van der Waals surface area contributed by atoms with Crippen molar-refractivity contribution in [3.05, 3.63) is 108 Å². The van der Waals surface area contributed by atoms with E-state index in [9.17, 15) is 9.59 Å². The molecule has 0 aromatic heterocycles. The number of hydrogen-bond donors (Lipinski definition) is 0. The molecular weight excluding hydrogens is 452 g/mol. The molecule has 1 aliphatic heterocycles. The summed E-state index contributed by atoms with van der Waals surface area (Å²) in [6.45, 7) is 0.616. The van der Waals surface area contributed by atoms with Gasteiger partial charge in [0.2, 0.25) is 0 Å². The maximum atomic E-state index is 12.4. The molecule has 3 aromatic carbocycles. The Balaban J connectivity index is 1.35. The van der Waals surface area contributed by atoms with Gasteiger partial charge in [0.25, 0.3) is 0 Å². The molecule has 4 nitrogen and oxygen atoms in total. The van der Waals surface area contributed by atoms with Gasteiger partial charge in [0.05, 0.1) is 22.3 Å². The Morgan fingerprint density at radius 2 is 1.27 bits per heavy atom. The van der Waals surface area contributed by atoms with Gasteiger partial charge in [-0.25, -0.2) is 9.59 Å². The largest absolute Gasteiger partial charge is 0.462 e. The van der Waals surface area contributed by atoms with E-state index in [4.69, 9.17) is 9.47 Å². The Morgan fingerprint density at radius 3 is 1.85 bits per heavy atom. The molecule has 3 aromatic rings. The van der Waals surface area contributed by atoms with Crippen molar-refractivity contribution >= 4 is 35.5 Å². The van der Waals surface area contributed by atoms with Crippen LogP contribution in [0.3, 0.4) is 0 Å². The first-order chi connectivity index (χ1) is 16.2. The molecule has 1 saturated heterocycles. The molecule has 4 rings (SSSR count). The third-order valence-corrected chi connectivity index (χ3v) is 8.62. The molecule has 0 radical (unpaired) electrons. The first kappa shape index (κ1) is 23.5. The molecule has 1 aliphatic rings. The van der Waals surface area contributed by atoms with Crippen molar-refractivity contribution in [3.63, 3.8) is 0 Å². The first-order valence-corrected chi connectivity index (χ1v) is 12.9. The van der Waals surface area contributed by atoms with E-state index in [1.807, 2.05) is 66.0 Å². The first-order valence-electron chi connectivity index (χ1n) is 10.9. The molecule has 3 atom stereocenters. The van der Waals surface area contributed by atoms with Gasteiger partial charge in [0, 0.05) is 16.9 Å². The lowest BCUT2D eigenvalue weighted by molar-refractivity contribution is 0.0369. The normalized spacial score (nSPS) is 19.7. The predicted molar refractivity (Wildman–Crippen MR) is 134 cm³/mol. The van der Waals surface area contributed by atoms with Crippen molar-refractivity contribution in [3.8, 4) is 0 Å². The van der Waals surface area contributed by atoms with Crippen molar-refractivity contribution in [1.82, 2.24) is 0 Å². The summed E-state index contributed by atoms with van der Waals surface area (Å²) in [6, 6.07) is 28.4. The average molecular weight is 479 g/mol. The summed E-state index contributed by atoms with van der Waals surface area (Å²) in [5.41, 5.74) is 2.38. The smallest absolute Gasteiger partial charge is 0.338 e. The number of hydrogen-bond acceptors (Lipinski definition) is 6. The molecule has 0 N–H and O–H groups in total. The molecule has 1 fully saturated rings. The van der Waals surface area contributed by atoms with Gasteiger partial charge >= 0.3 is 11.9 Å². The fraction of sp³-hybridized carbons (Fsp3) is 0.259. The molecule has 6 heteroatoms. The van der Waals surface area contributed by atoms with Crippen molar-refractivity contribution < 1.29 is 19.1 Å². The lowest BCUT2D eigenvalue weighted by atomic mass is 10.0. The highest BCUT2D eigenvalue weighted by Gasteiger charge is 2.37. The van der Waals surface area contributed by atoms with E-state index >= 15 is 0 Å². The third kappa shape index (κ3) is 6.89. The monoisotopic (exact) mass is 478 g/mol. The summed E-state index contributed by atoms with van der Waals surface area (Å²) in [5.74, 6) is 0.406. The van der Waals surface area contributed by atoms with Crippen molar-refractivity contribution in [2.24, 2.45) is 5.92 Å². The maximum absolute atomic E-state index is 12.4. The number of carbonyl (C=O) groups excluding carboxylic acids is 2. The van der Waals surface area contributed by atoms with Gasteiger partial charge in [-0.3, -0.25) is 0 Å². The van der Waals surface area contributed by atoms with Crippen molar-refractivity contribution in [2.75, 3.05) is 13.2 Å². The fourth-order valence-electron chi connectivity index (χ4n) is 3.64. The molecule has 0 aliphatic carbocycles. The molecule has 0 amide bonds. The lowest BCUT2D eigenvalue weighted by Crippen LogP contribution is -2.25. The zero-order valence-electron chi connectivity index (χ0n) is 18.2. The third-order valence-electron chi connectivity index (χ3n) is 5.45. The van der Waals surface area contributed by atoms with E-state index in [0.29, 0.717) is 28.9 Å². The fourth-order valence-corrected chi connectivity index (χ4v) is 6.85. The van der Waals surface area contributed by atoms with Crippen molar-refractivity contribution in [2.45, 2.75) is 22.0 Å². The maximum Gasteiger partial charge on any atom is 0.338 e. The number of esters is 2. The number of ether oxygens (including phenoxy) is 2. The van der Waals surface area contributed by atoms with Crippen LogP contribution in [0.1, 0.15) is 32.7 Å². The van der Waals surface area contributed by atoms with E-state index in [0.717, 1.165) is 12.2 Å². The Hall–Kier alpha value is -2.70. The molecule has 170 valence electrons. The molecule has 33 heavy (non-hydrogen) atoms. The van der Waals surface area contributed by atoms with E-state index in [-0.39, 0.29) is 23.1 Å². The minimum atomic E-state index is -0.323. The van der Waals surface area contributed by atoms with Gasteiger partial charge in [-0.1, -0.05) is 66.7 Å². The van der Waals surface area contributed by atoms with E-state index < -0.39 is 0 Å². The highest BCUT2D eigenvalue weighted by atomic mass is 32.2. The van der Waals surface area contributed by atoms with Crippen LogP contribution in [0.4, 0.5) is 0 Å².